The van der Waals surface area contributed by atoms with Gasteiger partial charge in [0.05, 0.1) is 24.7 Å². The van der Waals surface area contributed by atoms with Gasteiger partial charge in [-0.1, -0.05) is 6.92 Å². The minimum absolute atomic E-state index is 0.314. The van der Waals surface area contributed by atoms with Crippen LogP contribution in [-0.2, 0) is 14.2 Å². The molecule has 11 heteroatoms. The summed E-state index contributed by atoms with van der Waals surface area (Å²) < 4.78 is 16.2. The monoisotopic (exact) mass is 407 g/mol. The Balaban J connectivity index is 2.09. The fourth-order valence-corrected chi connectivity index (χ4v) is 3.35. The molecule has 11 nitrogen and oxygen atoms in total. The Labute approximate surface area is 162 Å². The average Bonchev–Trinajstić information content (AvgIpc) is 2.70. The molecule has 0 amide bonds. The highest BCUT2D eigenvalue weighted by molar-refractivity contribution is 5.07. The largest absolute Gasteiger partial charge is 0.394 e. The molecule has 162 valence electrons. The summed E-state index contributed by atoms with van der Waals surface area (Å²) in [7, 11) is 0. The van der Waals surface area contributed by atoms with E-state index < -0.39 is 79.9 Å². The first kappa shape index (κ1) is 23.4. The topological polar surface area (TPSA) is 193 Å². The second-order valence-corrected chi connectivity index (χ2v) is 7.48. The molecule has 2 heterocycles. The van der Waals surface area contributed by atoms with Gasteiger partial charge >= 0.3 is 0 Å². The van der Waals surface area contributed by atoms with Gasteiger partial charge in [-0.2, -0.15) is 5.26 Å². The van der Waals surface area contributed by atoms with Crippen molar-refractivity contribution in [3.63, 3.8) is 0 Å². The molecule has 28 heavy (non-hydrogen) atoms. The van der Waals surface area contributed by atoms with Crippen molar-refractivity contribution in [3.05, 3.63) is 0 Å². The van der Waals surface area contributed by atoms with Gasteiger partial charge in [0.1, 0.15) is 54.9 Å². The Kier molecular flexibility index (Phi) is 7.74. The van der Waals surface area contributed by atoms with Crippen LogP contribution >= 0.6 is 0 Å². The molecular weight excluding hydrogens is 378 g/mol. The van der Waals surface area contributed by atoms with Crippen molar-refractivity contribution in [1.29, 1.82) is 5.26 Å². The number of ether oxygens (including phenoxy) is 3. The zero-order chi connectivity index (χ0) is 21.2. The summed E-state index contributed by atoms with van der Waals surface area (Å²) in [5.74, 6) is 0. The van der Waals surface area contributed by atoms with Gasteiger partial charge in [0.2, 0.25) is 0 Å². The van der Waals surface area contributed by atoms with Gasteiger partial charge in [0.25, 0.3) is 0 Å². The van der Waals surface area contributed by atoms with Gasteiger partial charge in [0.15, 0.2) is 6.29 Å². The summed E-state index contributed by atoms with van der Waals surface area (Å²) in [6.07, 6.45) is -14.0. The van der Waals surface area contributed by atoms with Crippen LogP contribution in [0.15, 0.2) is 0 Å². The highest BCUT2D eigenvalue weighted by atomic mass is 16.7. The number of nitriles is 1. The maximum atomic E-state index is 10.2. The van der Waals surface area contributed by atoms with Gasteiger partial charge in [0, 0.05) is 0 Å². The number of hydrogen-bond donors (Lipinski definition) is 7. The third-order valence-electron chi connectivity index (χ3n) is 5.60. The molecule has 2 fully saturated rings. The summed E-state index contributed by atoms with van der Waals surface area (Å²) >= 11 is 0. The van der Waals surface area contributed by atoms with Crippen molar-refractivity contribution >= 4 is 0 Å². The normalized spacial score (nSPS) is 46.6. The van der Waals surface area contributed by atoms with Crippen molar-refractivity contribution in [2.45, 2.75) is 81.5 Å². The molecule has 2 rings (SSSR count). The molecule has 0 radical (unpaired) electrons. The van der Waals surface area contributed by atoms with Crippen molar-refractivity contribution < 1.29 is 50.0 Å². The van der Waals surface area contributed by atoms with Crippen LogP contribution in [0, 0.1) is 16.7 Å². The predicted octanol–water partition coefficient (Wildman–Crippen LogP) is -3.41. The zero-order valence-electron chi connectivity index (χ0n) is 15.7. The van der Waals surface area contributed by atoms with E-state index in [1.54, 1.807) is 13.8 Å². The van der Waals surface area contributed by atoms with E-state index in [0.29, 0.717) is 6.42 Å². The minimum atomic E-state index is -1.63. The summed E-state index contributed by atoms with van der Waals surface area (Å²) in [4.78, 5) is 0. The van der Waals surface area contributed by atoms with Crippen LogP contribution in [0.25, 0.3) is 0 Å². The fraction of sp³-hybridized carbons (Fsp3) is 0.941. The molecule has 0 saturated carbocycles. The Morgan fingerprint density at radius 3 is 2.00 bits per heavy atom. The van der Waals surface area contributed by atoms with Crippen molar-refractivity contribution in [2.75, 3.05) is 13.2 Å². The predicted molar refractivity (Wildman–Crippen MR) is 90.4 cm³/mol. The molecule has 2 saturated heterocycles. The van der Waals surface area contributed by atoms with Crippen LogP contribution < -0.4 is 0 Å². The lowest BCUT2D eigenvalue weighted by Crippen LogP contribution is -2.63. The van der Waals surface area contributed by atoms with Gasteiger partial charge in [-0.25, -0.2) is 0 Å². The van der Waals surface area contributed by atoms with E-state index in [0.717, 1.165) is 0 Å². The Hall–Kier alpha value is -0.910. The molecule has 0 spiro atoms. The van der Waals surface area contributed by atoms with E-state index in [2.05, 4.69) is 0 Å². The number of hydrogen-bond acceptors (Lipinski definition) is 11. The minimum Gasteiger partial charge on any atom is -0.394 e. The molecule has 0 aromatic carbocycles. The first-order chi connectivity index (χ1) is 13.1. The number of aliphatic hydroxyl groups excluding tert-OH is 7. The number of aliphatic hydroxyl groups is 7. The summed E-state index contributed by atoms with van der Waals surface area (Å²) in [5, 5.41) is 78.8. The first-order valence-corrected chi connectivity index (χ1v) is 9.14. The molecule has 0 aliphatic carbocycles. The third kappa shape index (κ3) is 4.31. The van der Waals surface area contributed by atoms with Crippen LogP contribution in [0.2, 0.25) is 0 Å². The van der Waals surface area contributed by atoms with E-state index in [4.69, 9.17) is 14.2 Å². The lowest BCUT2D eigenvalue weighted by molar-refractivity contribution is -0.316. The van der Waals surface area contributed by atoms with E-state index in [-0.39, 0.29) is 0 Å². The average molecular weight is 407 g/mol. The molecule has 11 atom stereocenters. The van der Waals surface area contributed by atoms with Gasteiger partial charge in [-0.05, 0) is 13.3 Å². The van der Waals surface area contributed by atoms with Crippen molar-refractivity contribution in [1.82, 2.24) is 0 Å². The highest BCUT2D eigenvalue weighted by Gasteiger charge is 2.51. The van der Waals surface area contributed by atoms with Gasteiger partial charge in [-0.3, -0.25) is 0 Å². The van der Waals surface area contributed by atoms with Crippen LogP contribution in [0.1, 0.15) is 20.3 Å². The third-order valence-corrected chi connectivity index (χ3v) is 5.60. The zero-order valence-corrected chi connectivity index (χ0v) is 15.7. The van der Waals surface area contributed by atoms with Gasteiger partial charge < -0.3 is 50.0 Å². The number of rotatable bonds is 6. The quantitative estimate of drug-likeness (QED) is 0.232. The lowest BCUT2D eigenvalue weighted by Gasteiger charge is -2.46. The van der Waals surface area contributed by atoms with Crippen LogP contribution in [0.3, 0.4) is 0 Å². The van der Waals surface area contributed by atoms with Gasteiger partial charge in [-0.15, -0.1) is 0 Å². The lowest BCUT2D eigenvalue weighted by atomic mass is 9.76. The SMILES string of the molecule is CCC(C)(C#N)C1OC(COC2OC(CO)C(O)C(O)C2O)C(O)C(O)C1O. The molecule has 2 aliphatic heterocycles. The maximum Gasteiger partial charge on any atom is 0.186 e. The molecule has 0 aromatic heterocycles. The maximum absolute atomic E-state index is 10.2. The molecule has 0 bridgehead atoms. The molecule has 7 N–H and O–H groups in total. The highest BCUT2D eigenvalue weighted by Crippen LogP contribution is 2.36. The molecular formula is C17H29NO10. The van der Waals surface area contributed by atoms with Crippen LogP contribution in [-0.4, -0.2) is 110 Å². The van der Waals surface area contributed by atoms with E-state index >= 15 is 0 Å². The summed E-state index contributed by atoms with van der Waals surface area (Å²) in [6.45, 7) is 2.23. The Morgan fingerprint density at radius 1 is 0.893 bits per heavy atom. The Morgan fingerprint density at radius 2 is 1.46 bits per heavy atom. The second-order valence-electron chi connectivity index (χ2n) is 7.48. The van der Waals surface area contributed by atoms with E-state index in [1.165, 1.54) is 0 Å². The van der Waals surface area contributed by atoms with Crippen LogP contribution in [0.5, 0.6) is 0 Å². The summed E-state index contributed by atoms with van der Waals surface area (Å²) in [5.41, 5.74) is -1.14. The van der Waals surface area contributed by atoms with Crippen molar-refractivity contribution in [3.8, 4) is 6.07 Å². The van der Waals surface area contributed by atoms with E-state index in [1.807, 2.05) is 6.07 Å². The number of nitrogens with zero attached hydrogens (tertiary/aromatic N) is 1. The van der Waals surface area contributed by atoms with E-state index in [9.17, 15) is 41.0 Å². The molecule has 11 unspecified atom stereocenters. The van der Waals surface area contributed by atoms with Crippen LogP contribution in [0.4, 0.5) is 0 Å². The fourth-order valence-electron chi connectivity index (χ4n) is 3.35. The Bertz CT molecular complexity index is 557. The standard InChI is InChI=1S/C17H29NO10/c1-3-17(2,6-18)15-13(24)11(22)10(21)8(27-15)5-26-16-14(25)12(23)9(20)7(4-19)28-16/h7-16,19-25H,3-5H2,1-2H3. The first-order valence-electron chi connectivity index (χ1n) is 9.14. The smallest absolute Gasteiger partial charge is 0.186 e. The van der Waals surface area contributed by atoms with Crippen molar-refractivity contribution in [2.24, 2.45) is 5.41 Å². The molecule has 2 aliphatic rings. The molecule has 0 aromatic rings. The second kappa shape index (κ2) is 9.27. The summed E-state index contributed by atoms with van der Waals surface area (Å²) in [6, 6.07) is 2.05.